The monoisotopic (exact) mass is 329 g/mol. The molecule has 2 rings (SSSR count). The van der Waals surface area contributed by atoms with Crippen LogP contribution in [0.5, 0.6) is 0 Å². The number of pyridine rings is 1. The van der Waals surface area contributed by atoms with Crippen LogP contribution in [0.4, 0.5) is 0 Å². The van der Waals surface area contributed by atoms with Crippen LogP contribution in [0.2, 0.25) is 0 Å². The van der Waals surface area contributed by atoms with E-state index in [2.05, 4.69) is 11.9 Å². The van der Waals surface area contributed by atoms with Crippen LogP contribution in [0.3, 0.4) is 0 Å². The number of hydrogen-bond acceptors (Lipinski definition) is 3. The first-order valence-electron chi connectivity index (χ1n) is 8.30. The lowest BCUT2D eigenvalue weighted by molar-refractivity contribution is -0.704. The predicted octanol–water partition coefficient (Wildman–Crippen LogP) is 3.10. The highest BCUT2D eigenvalue weighted by atomic mass is 16.5. The largest absolute Gasteiger partial charge is 0.462 e. The zero-order chi connectivity index (χ0) is 17.9. The summed E-state index contributed by atoms with van der Waals surface area (Å²) in [5, 5.41) is 0. The van der Waals surface area contributed by atoms with Gasteiger partial charge in [0.15, 0.2) is 12.4 Å². The number of ether oxygens (including phenoxy) is 1. The molecule has 0 aliphatic carbocycles. The van der Waals surface area contributed by atoms with Crippen molar-refractivity contribution >= 4 is 11.8 Å². The van der Waals surface area contributed by atoms with E-state index in [0.717, 1.165) is 6.42 Å². The molecule has 0 bridgehead atoms. The van der Waals surface area contributed by atoms with Gasteiger partial charge >= 0.3 is 5.97 Å². The number of esters is 1. The molecule has 0 spiro atoms. The van der Waals surface area contributed by atoms with E-state index >= 15 is 0 Å². The molecule has 0 unspecified atom stereocenters. The van der Waals surface area contributed by atoms with E-state index in [0.29, 0.717) is 29.1 Å². The molecule has 2 aromatic rings. The summed E-state index contributed by atoms with van der Waals surface area (Å²) in [6, 6.07) is 3.67. The van der Waals surface area contributed by atoms with Gasteiger partial charge in [-0.1, -0.05) is 6.92 Å². The normalized spacial score (nSPS) is 12.0. The lowest BCUT2D eigenvalue weighted by atomic mass is 10.0. The van der Waals surface area contributed by atoms with Crippen molar-refractivity contribution < 1.29 is 18.9 Å². The highest BCUT2D eigenvalue weighted by Gasteiger charge is 2.29. The molecule has 0 aliphatic rings. The topological polar surface area (TPSA) is 63.0 Å². The van der Waals surface area contributed by atoms with E-state index in [1.165, 1.54) is 5.56 Å². The third-order valence-corrected chi connectivity index (χ3v) is 4.32. The molecule has 0 amide bonds. The Morgan fingerprint density at radius 1 is 1.21 bits per heavy atom. The van der Waals surface area contributed by atoms with Gasteiger partial charge in [-0.05, 0) is 38.3 Å². The van der Waals surface area contributed by atoms with Crippen molar-refractivity contribution in [2.45, 2.75) is 47.1 Å². The average Bonchev–Trinajstić information content (AvgIpc) is 2.88. The molecular formula is C19H25N2O3+. The Labute approximate surface area is 142 Å². The van der Waals surface area contributed by atoms with Crippen molar-refractivity contribution in [1.29, 1.82) is 0 Å². The van der Waals surface area contributed by atoms with E-state index in [1.807, 2.05) is 36.0 Å². The molecule has 1 atom stereocenters. The van der Waals surface area contributed by atoms with Crippen LogP contribution in [0.25, 0.3) is 0 Å². The first-order chi connectivity index (χ1) is 11.4. The molecular weight excluding hydrogens is 304 g/mol. The summed E-state index contributed by atoms with van der Waals surface area (Å²) in [6.45, 7) is 9.58. The molecule has 1 N–H and O–H groups in total. The third kappa shape index (κ3) is 3.40. The van der Waals surface area contributed by atoms with Gasteiger partial charge in [-0.3, -0.25) is 4.79 Å². The second-order valence-electron chi connectivity index (χ2n) is 5.89. The van der Waals surface area contributed by atoms with E-state index in [4.69, 9.17) is 4.74 Å². The summed E-state index contributed by atoms with van der Waals surface area (Å²) in [5.74, 6) is -0.448. The number of rotatable bonds is 6. The molecule has 2 heterocycles. The maximum absolute atomic E-state index is 12.9. The molecule has 0 saturated carbocycles. The molecule has 24 heavy (non-hydrogen) atoms. The maximum Gasteiger partial charge on any atom is 0.340 e. The van der Waals surface area contributed by atoms with Gasteiger partial charge in [-0.2, -0.15) is 4.57 Å². The van der Waals surface area contributed by atoms with Crippen LogP contribution in [0.1, 0.15) is 64.5 Å². The molecule has 5 nitrogen and oxygen atoms in total. The van der Waals surface area contributed by atoms with Crippen molar-refractivity contribution in [1.82, 2.24) is 4.98 Å². The first kappa shape index (κ1) is 17.9. The van der Waals surface area contributed by atoms with Gasteiger partial charge in [0.05, 0.1) is 17.9 Å². The van der Waals surface area contributed by atoms with Crippen LogP contribution in [-0.4, -0.2) is 23.3 Å². The predicted molar refractivity (Wildman–Crippen MR) is 91.3 cm³/mol. The van der Waals surface area contributed by atoms with Gasteiger partial charge in [0.1, 0.15) is 0 Å². The minimum atomic E-state index is -0.393. The maximum atomic E-state index is 12.9. The third-order valence-electron chi connectivity index (χ3n) is 4.32. The Morgan fingerprint density at radius 3 is 2.38 bits per heavy atom. The Bertz CT molecular complexity index is 745. The fraction of sp³-hybridized carbons (Fsp3) is 0.421. The quantitative estimate of drug-likeness (QED) is 0.503. The lowest BCUT2D eigenvalue weighted by Gasteiger charge is -2.07. The van der Waals surface area contributed by atoms with Gasteiger partial charge in [0.25, 0.3) is 0 Å². The van der Waals surface area contributed by atoms with Gasteiger partial charge in [0, 0.05) is 24.8 Å². The Hall–Kier alpha value is -2.43. The molecule has 0 aromatic carbocycles. The SMILES string of the molecule is CCOC(=O)c1c(C)[nH]c(C(=O)[C@H](C)[n+]2ccc(CC)cc2)c1C. The molecule has 2 aromatic heterocycles. The fourth-order valence-corrected chi connectivity index (χ4v) is 2.81. The minimum absolute atomic E-state index is 0.0552. The highest BCUT2D eigenvalue weighted by molar-refractivity contribution is 6.02. The second kappa shape index (κ2) is 7.43. The van der Waals surface area contributed by atoms with Gasteiger partial charge in [0.2, 0.25) is 11.8 Å². The van der Waals surface area contributed by atoms with Crippen LogP contribution in [0.15, 0.2) is 24.5 Å². The second-order valence-corrected chi connectivity index (χ2v) is 5.89. The average molecular weight is 329 g/mol. The lowest BCUT2D eigenvalue weighted by Crippen LogP contribution is -2.42. The van der Waals surface area contributed by atoms with Crippen LogP contribution in [-0.2, 0) is 11.2 Å². The van der Waals surface area contributed by atoms with Crippen molar-refractivity contribution in [2.75, 3.05) is 6.61 Å². The number of ketones is 1. The van der Waals surface area contributed by atoms with Crippen molar-refractivity contribution in [3.8, 4) is 0 Å². The zero-order valence-corrected chi connectivity index (χ0v) is 15.0. The van der Waals surface area contributed by atoms with E-state index in [9.17, 15) is 9.59 Å². The summed E-state index contributed by atoms with van der Waals surface area (Å²) >= 11 is 0. The highest BCUT2D eigenvalue weighted by Crippen LogP contribution is 2.21. The number of nitrogens with zero attached hydrogens (tertiary/aromatic N) is 1. The number of H-pyrrole nitrogens is 1. The number of hydrogen-bond donors (Lipinski definition) is 1. The minimum Gasteiger partial charge on any atom is -0.462 e. The number of carbonyl (C=O) groups excluding carboxylic acids is 2. The Morgan fingerprint density at radius 2 is 1.83 bits per heavy atom. The number of Topliss-reactive ketones (excluding diaryl/α,β-unsaturated/α-hetero) is 1. The summed E-state index contributed by atoms with van der Waals surface area (Å²) in [5.41, 5.74) is 3.46. The molecule has 0 fully saturated rings. The smallest absolute Gasteiger partial charge is 0.340 e. The standard InChI is InChI=1S/C19H24N2O3/c1-6-15-8-10-21(11-9-15)14(5)18(22)17-12(3)16(13(4)20-17)19(23)24-7-2/h8-11,14H,6-7H2,1-5H3/p+1/t14-/m0/s1. The van der Waals surface area contributed by atoms with Crippen LogP contribution in [0, 0.1) is 13.8 Å². The molecule has 0 radical (unpaired) electrons. The number of aryl methyl sites for hydroxylation is 2. The van der Waals surface area contributed by atoms with Gasteiger partial charge < -0.3 is 9.72 Å². The van der Waals surface area contributed by atoms with Crippen LogP contribution < -0.4 is 4.57 Å². The van der Waals surface area contributed by atoms with Crippen molar-refractivity contribution in [2.24, 2.45) is 0 Å². The number of aromatic nitrogens is 2. The fourth-order valence-electron chi connectivity index (χ4n) is 2.81. The Balaban J connectivity index is 2.32. The summed E-state index contributed by atoms with van der Waals surface area (Å²) in [6.07, 6.45) is 4.79. The number of nitrogens with one attached hydrogen (secondary N) is 1. The molecule has 5 heteroatoms. The first-order valence-corrected chi connectivity index (χ1v) is 8.30. The van der Waals surface area contributed by atoms with Crippen LogP contribution >= 0.6 is 0 Å². The number of aromatic amines is 1. The van der Waals surface area contributed by atoms with Gasteiger partial charge in [-0.15, -0.1) is 0 Å². The Kier molecular flexibility index (Phi) is 5.54. The summed E-state index contributed by atoms with van der Waals surface area (Å²) in [7, 11) is 0. The summed E-state index contributed by atoms with van der Waals surface area (Å²) < 4.78 is 6.95. The van der Waals surface area contributed by atoms with E-state index < -0.39 is 5.97 Å². The van der Waals surface area contributed by atoms with E-state index in [-0.39, 0.29) is 11.8 Å². The summed E-state index contributed by atoms with van der Waals surface area (Å²) in [4.78, 5) is 28.0. The van der Waals surface area contributed by atoms with E-state index in [1.54, 1.807) is 20.8 Å². The molecule has 0 aliphatic heterocycles. The zero-order valence-electron chi connectivity index (χ0n) is 15.0. The number of carbonyl (C=O) groups is 2. The van der Waals surface area contributed by atoms with Crippen molar-refractivity contribution in [3.05, 3.63) is 52.6 Å². The van der Waals surface area contributed by atoms with Gasteiger partial charge in [-0.25, -0.2) is 4.79 Å². The van der Waals surface area contributed by atoms with Crippen molar-refractivity contribution in [3.63, 3.8) is 0 Å². The molecule has 0 saturated heterocycles. The molecule has 128 valence electrons.